The number of imidazole rings is 2. The van der Waals surface area contributed by atoms with Crippen LogP contribution < -0.4 is 10.6 Å². The van der Waals surface area contributed by atoms with Crippen LogP contribution in [-0.4, -0.2) is 43.3 Å². The van der Waals surface area contributed by atoms with Crippen molar-refractivity contribution >= 4 is 57.3 Å². The van der Waals surface area contributed by atoms with E-state index in [1.165, 1.54) is 7.11 Å². The highest BCUT2D eigenvalue weighted by Crippen LogP contribution is 2.24. The van der Waals surface area contributed by atoms with Gasteiger partial charge in [0.25, 0.3) is 0 Å². The molecule has 218 valence electrons. The molecular weight excluding hydrogens is 544 g/mol. The summed E-state index contributed by atoms with van der Waals surface area (Å²) in [4.78, 5) is 31.3. The Labute approximate surface area is 248 Å². The summed E-state index contributed by atoms with van der Waals surface area (Å²) >= 11 is 0. The Morgan fingerprint density at radius 2 is 1.14 bits per heavy atom. The number of fused-ring (bicyclic) bond motifs is 2. The molecule has 0 aliphatic rings. The third-order valence-corrected chi connectivity index (χ3v) is 6.88. The molecule has 0 amide bonds. The zero-order chi connectivity index (χ0) is 30.3. The van der Waals surface area contributed by atoms with Crippen LogP contribution in [0.3, 0.4) is 0 Å². The first kappa shape index (κ1) is 28.9. The van der Waals surface area contributed by atoms with Crippen molar-refractivity contribution < 1.29 is 19.4 Å². The van der Waals surface area contributed by atoms with Crippen LogP contribution >= 0.6 is 0 Å². The van der Waals surface area contributed by atoms with Crippen LogP contribution in [0.4, 0.5) is 23.3 Å². The smallest absolute Gasteiger partial charge is 0.309 e. The van der Waals surface area contributed by atoms with Gasteiger partial charge in [0.05, 0.1) is 42.0 Å². The predicted octanol–water partition coefficient (Wildman–Crippen LogP) is 5.98. The molecule has 10 nitrogen and oxygen atoms in total. The molecule has 0 spiro atoms. The third-order valence-electron chi connectivity index (χ3n) is 6.88. The van der Waals surface area contributed by atoms with E-state index in [1.807, 2.05) is 114 Å². The molecule has 0 atom stereocenters. The number of methoxy groups -OCH3 is 1. The lowest BCUT2D eigenvalue weighted by atomic mass is 10.1. The second kappa shape index (κ2) is 12.9. The lowest BCUT2D eigenvalue weighted by molar-refractivity contribution is -0.140. The van der Waals surface area contributed by atoms with Gasteiger partial charge in [-0.15, -0.1) is 0 Å². The summed E-state index contributed by atoms with van der Waals surface area (Å²) in [7, 11) is 5.25. The Bertz CT molecular complexity index is 1880. The van der Waals surface area contributed by atoms with Crippen LogP contribution in [0, 0.1) is 0 Å². The standard InChI is InChI=1S/C17H17N3O2.C16H15N3O2/c1-20-15-10-12(11-16(21)22-2)8-9-14(15)19-17(20)18-13-6-4-3-5-7-13;1-19-14-9-11(10-15(20)21)7-8-13(14)18-16(19)17-12-5-3-2-4-6-12/h3-10H,11H2,1-2H3,(H,18,19);2-9H,10H2,1H3,(H,17,18)(H,20,21). The number of nitrogens with one attached hydrogen (secondary N) is 2. The monoisotopic (exact) mass is 576 g/mol. The number of nitrogens with zero attached hydrogens (tertiary/aromatic N) is 4. The largest absolute Gasteiger partial charge is 0.481 e. The molecule has 3 N–H and O–H groups in total. The van der Waals surface area contributed by atoms with E-state index in [2.05, 4.69) is 20.6 Å². The van der Waals surface area contributed by atoms with E-state index in [9.17, 15) is 9.59 Å². The molecule has 0 fully saturated rings. The molecule has 0 aliphatic heterocycles. The van der Waals surface area contributed by atoms with Gasteiger partial charge in [-0.25, -0.2) is 9.97 Å². The van der Waals surface area contributed by atoms with Crippen LogP contribution in [0.2, 0.25) is 0 Å². The molecule has 0 unspecified atom stereocenters. The van der Waals surface area contributed by atoms with Crippen molar-refractivity contribution in [2.75, 3.05) is 17.7 Å². The van der Waals surface area contributed by atoms with Crippen molar-refractivity contribution in [3.05, 3.63) is 108 Å². The topological polar surface area (TPSA) is 123 Å². The fourth-order valence-electron chi connectivity index (χ4n) is 4.63. The maximum absolute atomic E-state index is 11.4. The molecule has 43 heavy (non-hydrogen) atoms. The number of hydrogen-bond acceptors (Lipinski definition) is 7. The highest BCUT2D eigenvalue weighted by Gasteiger charge is 2.11. The number of aliphatic carboxylic acids is 1. The van der Waals surface area contributed by atoms with Crippen molar-refractivity contribution in [3.8, 4) is 0 Å². The summed E-state index contributed by atoms with van der Waals surface area (Å²) in [5, 5.41) is 15.4. The van der Waals surface area contributed by atoms with E-state index >= 15 is 0 Å². The van der Waals surface area contributed by atoms with Gasteiger partial charge < -0.3 is 29.6 Å². The SMILES string of the molecule is COC(=O)Cc1ccc2nc(Nc3ccccc3)n(C)c2c1.Cn1c(Nc2ccccc2)nc2ccc(CC(=O)O)cc21. The summed E-state index contributed by atoms with van der Waals surface area (Å²) < 4.78 is 8.61. The average molecular weight is 577 g/mol. The number of esters is 1. The second-order valence-electron chi connectivity index (χ2n) is 9.94. The molecule has 0 saturated heterocycles. The fraction of sp³-hybridized carbons (Fsp3) is 0.152. The van der Waals surface area contributed by atoms with E-state index in [0.717, 1.165) is 56.5 Å². The first-order valence-electron chi connectivity index (χ1n) is 13.6. The number of carboxylic acid groups (broad SMARTS) is 1. The normalized spacial score (nSPS) is 10.7. The van der Waals surface area contributed by atoms with Gasteiger partial charge in [0.1, 0.15) is 0 Å². The Morgan fingerprint density at radius 1 is 0.698 bits per heavy atom. The van der Waals surface area contributed by atoms with Gasteiger partial charge in [0.2, 0.25) is 11.9 Å². The lowest BCUT2D eigenvalue weighted by Gasteiger charge is -2.06. The van der Waals surface area contributed by atoms with Crippen LogP contribution in [0.15, 0.2) is 97.1 Å². The summed E-state index contributed by atoms with van der Waals surface area (Å²) in [6, 6.07) is 31.0. The molecular formula is C33H32N6O4. The molecule has 2 heterocycles. The number of benzene rings is 4. The first-order valence-corrected chi connectivity index (χ1v) is 13.6. The number of hydrogen-bond donors (Lipinski definition) is 3. The number of ether oxygens (including phenoxy) is 1. The summed E-state index contributed by atoms with van der Waals surface area (Å²) in [5.74, 6) is 0.406. The van der Waals surface area contributed by atoms with Gasteiger partial charge in [-0.2, -0.15) is 0 Å². The zero-order valence-electron chi connectivity index (χ0n) is 24.1. The zero-order valence-corrected chi connectivity index (χ0v) is 24.1. The van der Waals surface area contributed by atoms with E-state index in [1.54, 1.807) is 6.07 Å². The number of carbonyl (C=O) groups excluding carboxylic acids is 1. The third kappa shape index (κ3) is 6.99. The predicted molar refractivity (Wildman–Crippen MR) is 168 cm³/mol. The molecule has 2 aromatic heterocycles. The van der Waals surface area contributed by atoms with E-state index in [4.69, 9.17) is 9.84 Å². The number of aromatic nitrogens is 4. The van der Waals surface area contributed by atoms with Gasteiger partial charge in [-0.3, -0.25) is 9.59 Å². The second-order valence-corrected chi connectivity index (χ2v) is 9.94. The number of carboxylic acids is 1. The van der Waals surface area contributed by atoms with E-state index in [-0.39, 0.29) is 18.8 Å². The van der Waals surface area contributed by atoms with Crippen molar-refractivity contribution in [3.63, 3.8) is 0 Å². The number of aryl methyl sites for hydroxylation is 2. The highest BCUT2D eigenvalue weighted by atomic mass is 16.5. The van der Waals surface area contributed by atoms with E-state index in [0.29, 0.717) is 0 Å². The van der Waals surface area contributed by atoms with Gasteiger partial charge in [0, 0.05) is 25.5 Å². The molecule has 0 radical (unpaired) electrons. The van der Waals surface area contributed by atoms with Gasteiger partial charge in [-0.1, -0.05) is 48.5 Å². The van der Waals surface area contributed by atoms with E-state index < -0.39 is 5.97 Å². The van der Waals surface area contributed by atoms with Gasteiger partial charge >= 0.3 is 11.9 Å². The summed E-state index contributed by atoms with van der Waals surface area (Å²) in [6.45, 7) is 0. The minimum atomic E-state index is -0.834. The Balaban J connectivity index is 0.000000171. The summed E-state index contributed by atoms with van der Waals surface area (Å²) in [6.07, 6.45) is 0.279. The lowest BCUT2D eigenvalue weighted by Crippen LogP contribution is -2.04. The molecule has 6 aromatic rings. The van der Waals surface area contributed by atoms with Crippen LogP contribution in [0.1, 0.15) is 11.1 Å². The maximum atomic E-state index is 11.4. The molecule has 6 rings (SSSR count). The molecule has 10 heteroatoms. The van der Waals surface area contributed by atoms with Crippen molar-refractivity contribution in [2.24, 2.45) is 14.1 Å². The minimum Gasteiger partial charge on any atom is -0.481 e. The number of carbonyl (C=O) groups is 2. The molecule has 0 bridgehead atoms. The van der Waals surface area contributed by atoms with Gasteiger partial charge in [0.15, 0.2) is 0 Å². The highest BCUT2D eigenvalue weighted by molar-refractivity contribution is 5.83. The molecule has 0 saturated carbocycles. The Morgan fingerprint density at radius 3 is 1.56 bits per heavy atom. The van der Waals surface area contributed by atoms with Crippen LogP contribution in [-0.2, 0) is 41.3 Å². The van der Waals surface area contributed by atoms with Crippen molar-refractivity contribution in [2.45, 2.75) is 12.8 Å². The van der Waals surface area contributed by atoms with Crippen molar-refractivity contribution in [1.82, 2.24) is 19.1 Å². The number of anilines is 4. The van der Waals surface area contributed by atoms with Crippen LogP contribution in [0.5, 0.6) is 0 Å². The molecule has 0 aliphatic carbocycles. The molecule has 4 aromatic carbocycles. The Kier molecular flexibility index (Phi) is 8.66. The maximum Gasteiger partial charge on any atom is 0.309 e. The minimum absolute atomic E-state index is 0.0164. The Hall–Kier alpha value is -5.64. The van der Waals surface area contributed by atoms with Gasteiger partial charge in [-0.05, 0) is 59.7 Å². The average Bonchev–Trinajstić information content (AvgIpc) is 3.48. The number of rotatable bonds is 8. The number of para-hydroxylation sites is 2. The van der Waals surface area contributed by atoms with Crippen molar-refractivity contribution in [1.29, 1.82) is 0 Å². The quantitative estimate of drug-likeness (QED) is 0.189. The summed E-state index contributed by atoms with van der Waals surface area (Å²) in [5.41, 5.74) is 7.22. The van der Waals surface area contributed by atoms with Crippen LogP contribution in [0.25, 0.3) is 22.1 Å². The first-order chi connectivity index (χ1) is 20.8. The fourth-order valence-corrected chi connectivity index (χ4v) is 4.63.